The molecule has 39 heavy (non-hydrogen) atoms. The normalized spacial score (nSPS) is 14.8. The highest BCUT2D eigenvalue weighted by molar-refractivity contribution is 9.10. The molecule has 0 saturated heterocycles. The lowest BCUT2D eigenvalue weighted by molar-refractivity contribution is -0.139. The van der Waals surface area contributed by atoms with Crippen molar-refractivity contribution in [1.82, 2.24) is 10.2 Å². The van der Waals surface area contributed by atoms with E-state index in [0.717, 1.165) is 40.0 Å². The number of sulfonamides is 1. The summed E-state index contributed by atoms with van der Waals surface area (Å²) in [5.74, 6) is -0.702. The fourth-order valence-corrected chi connectivity index (χ4v) is 6.71. The lowest BCUT2D eigenvalue weighted by atomic mass is 9.95. The molecule has 0 spiro atoms. The van der Waals surface area contributed by atoms with Crippen molar-refractivity contribution in [2.45, 2.75) is 62.6 Å². The van der Waals surface area contributed by atoms with E-state index in [2.05, 4.69) is 21.2 Å². The minimum Gasteiger partial charge on any atom is -0.352 e. The zero-order valence-electron chi connectivity index (χ0n) is 22.0. The smallest absolute Gasteiger partial charge is 0.264 e. The predicted octanol–water partition coefficient (Wildman–Crippen LogP) is 5.51. The monoisotopic (exact) mass is 611 g/mol. The van der Waals surface area contributed by atoms with Gasteiger partial charge in [-0.1, -0.05) is 83.7 Å². The Balaban J connectivity index is 1.65. The number of para-hydroxylation sites is 1. The molecule has 0 heterocycles. The van der Waals surface area contributed by atoms with Crippen molar-refractivity contribution >= 4 is 43.5 Å². The van der Waals surface area contributed by atoms with Crippen molar-refractivity contribution in [1.29, 1.82) is 0 Å². The van der Waals surface area contributed by atoms with Gasteiger partial charge in [-0.3, -0.25) is 13.9 Å². The number of anilines is 1. The van der Waals surface area contributed by atoms with Gasteiger partial charge in [-0.25, -0.2) is 8.42 Å². The van der Waals surface area contributed by atoms with Crippen LogP contribution in [0, 0.1) is 0 Å². The third-order valence-corrected chi connectivity index (χ3v) is 9.30. The van der Waals surface area contributed by atoms with Crippen LogP contribution in [-0.2, 0) is 26.2 Å². The van der Waals surface area contributed by atoms with Crippen LogP contribution in [0.25, 0.3) is 0 Å². The Hall–Kier alpha value is -3.17. The highest BCUT2D eigenvalue weighted by Crippen LogP contribution is 2.25. The first-order chi connectivity index (χ1) is 18.8. The van der Waals surface area contributed by atoms with Gasteiger partial charge in [0.2, 0.25) is 11.8 Å². The van der Waals surface area contributed by atoms with Gasteiger partial charge in [-0.15, -0.1) is 0 Å². The van der Waals surface area contributed by atoms with Crippen LogP contribution in [0.2, 0.25) is 0 Å². The molecule has 3 aromatic carbocycles. The van der Waals surface area contributed by atoms with E-state index in [9.17, 15) is 18.0 Å². The molecule has 1 aliphatic carbocycles. The fraction of sp³-hybridized carbons (Fsp3) is 0.333. The number of carbonyl (C=O) groups is 2. The number of nitrogens with zero attached hydrogens (tertiary/aromatic N) is 2. The number of carbonyl (C=O) groups excluding carboxylic acids is 2. The van der Waals surface area contributed by atoms with E-state index in [1.54, 1.807) is 55.5 Å². The first kappa shape index (κ1) is 28.8. The minimum atomic E-state index is -4.05. The van der Waals surface area contributed by atoms with Gasteiger partial charge >= 0.3 is 0 Å². The number of halogens is 1. The zero-order valence-corrected chi connectivity index (χ0v) is 24.4. The molecular weight excluding hydrogens is 578 g/mol. The van der Waals surface area contributed by atoms with Gasteiger partial charge in [0, 0.05) is 17.1 Å². The van der Waals surface area contributed by atoms with Gasteiger partial charge in [0.1, 0.15) is 12.6 Å². The van der Waals surface area contributed by atoms with Crippen molar-refractivity contribution in [3.8, 4) is 0 Å². The summed E-state index contributed by atoms with van der Waals surface area (Å²) in [6.45, 7) is 1.41. The van der Waals surface area contributed by atoms with Gasteiger partial charge in [-0.05, 0) is 61.7 Å². The van der Waals surface area contributed by atoms with Gasteiger partial charge in [-0.2, -0.15) is 0 Å². The van der Waals surface area contributed by atoms with Gasteiger partial charge < -0.3 is 10.2 Å². The summed E-state index contributed by atoms with van der Waals surface area (Å²) in [6.07, 6.45) is 5.16. The number of nitrogens with one attached hydrogen (secondary N) is 1. The van der Waals surface area contributed by atoms with Crippen LogP contribution in [0.4, 0.5) is 5.69 Å². The number of hydrogen-bond donors (Lipinski definition) is 1. The molecule has 1 N–H and O–H groups in total. The maximum Gasteiger partial charge on any atom is 0.264 e. The molecule has 0 bridgehead atoms. The van der Waals surface area contributed by atoms with Crippen LogP contribution in [0.15, 0.2) is 94.3 Å². The van der Waals surface area contributed by atoms with Crippen molar-refractivity contribution in [3.05, 3.63) is 95.0 Å². The van der Waals surface area contributed by atoms with E-state index in [1.165, 1.54) is 23.5 Å². The van der Waals surface area contributed by atoms with Crippen LogP contribution in [0.5, 0.6) is 0 Å². The standard InChI is InChI=1S/C30H34BrN3O4S/c1-23(30(36)32-26-14-5-2-6-15-26)33(21-24-12-11-13-25(31)20-24)29(35)22-34(27-16-7-3-8-17-27)39(37,38)28-18-9-4-10-19-28/h3-4,7-13,16-20,23,26H,2,5-6,14-15,21-22H2,1H3,(H,32,36)/t23-/m0/s1. The Morgan fingerprint density at radius 2 is 1.56 bits per heavy atom. The summed E-state index contributed by atoms with van der Waals surface area (Å²) in [6, 6.07) is 23.4. The maximum absolute atomic E-state index is 14.0. The van der Waals surface area contributed by atoms with Crippen molar-refractivity contribution in [3.63, 3.8) is 0 Å². The first-order valence-electron chi connectivity index (χ1n) is 13.2. The van der Waals surface area contributed by atoms with Gasteiger partial charge in [0.25, 0.3) is 10.0 Å². The molecule has 0 aromatic heterocycles. The third kappa shape index (κ3) is 7.48. The van der Waals surface area contributed by atoms with Crippen LogP contribution in [0.3, 0.4) is 0 Å². The Kier molecular flexibility index (Phi) is 9.80. The Labute approximate surface area is 239 Å². The highest BCUT2D eigenvalue weighted by Gasteiger charge is 2.33. The van der Waals surface area contributed by atoms with E-state index in [-0.39, 0.29) is 23.4 Å². The Morgan fingerprint density at radius 3 is 2.21 bits per heavy atom. The summed E-state index contributed by atoms with van der Waals surface area (Å²) in [5, 5.41) is 3.12. The van der Waals surface area contributed by atoms with Crippen molar-refractivity contribution in [2.24, 2.45) is 0 Å². The van der Waals surface area contributed by atoms with E-state index in [1.807, 2.05) is 24.3 Å². The van der Waals surface area contributed by atoms with Crippen LogP contribution >= 0.6 is 15.9 Å². The summed E-state index contributed by atoms with van der Waals surface area (Å²) < 4.78 is 29.4. The first-order valence-corrected chi connectivity index (χ1v) is 15.5. The SMILES string of the molecule is C[C@@H](C(=O)NC1CCCCC1)N(Cc1cccc(Br)c1)C(=O)CN(c1ccccc1)S(=O)(=O)c1ccccc1. The maximum atomic E-state index is 14.0. The molecular formula is C30H34BrN3O4S. The second-order valence-electron chi connectivity index (χ2n) is 9.83. The van der Waals surface area contributed by atoms with Gasteiger partial charge in [0.05, 0.1) is 10.6 Å². The van der Waals surface area contributed by atoms with E-state index < -0.39 is 28.5 Å². The predicted molar refractivity (Wildman–Crippen MR) is 157 cm³/mol. The van der Waals surface area contributed by atoms with Crippen LogP contribution in [0.1, 0.15) is 44.6 Å². The number of amides is 2. The number of rotatable bonds is 10. The molecule has 3 aromatic rings. The quantitative estimate of drug-likeness (QED) is 0.327. The molecule has 9 heteroatoms. The fourth-order valence-electron chi connectivity index (χ4n) is 4.83. The van der Waals surface area contributed by atoms with Gasteiger partial charge in [0.15, 0.2) is 0 Å². The molecule has 0 unspecified atom stereocenters. The molecule has 7 nitrogen and oxygen atoms in total. The average molecular weight is 613 g/mol. The molecule has 1 fully saturated rings. The molecule has 1 atom stereocenters. The molecule has 206 valence electrons. The van der Waals surface area contributed by atoms with Crippen LogP contribution < -0.4 is 9.62 Å². The van der Waals surface area contributed by atoms with Crippen molar-refractivity contribution < 1.29 is 18.0 Å². The lowest BCUT2D eigenvalue weighted by Gasteiger charge is -2.33. The summed E-state index contributed by atoms with van der Waals surface area (Å²) >= 11 is 3.47. The molecule has 0 radical (unpaired) electrons. The number of benzene rings is 3. The summed E-state index contributed by atoms with van der Waals surface area (Å²) in [4.78, 5) is 28.9. The van der Waals surface area contributed by atoms with Crippen molar-refractivity contribution in [2.75, 3.05) is 10.8 Å². The largest absolute Gasteiger partial charge is 0.352 e. The Morgan fingerprint density at radius 1 is 0.923 bits per heavy atom. The van der Waals surface area contributed by atoms with Crippen LogP contribution in [-0.4, -0.2) is 43.8 Å². The topological polar surface area (TPSA) is 86.8 Å². The summed E-state index contributed by atoms with van der Waals surface area (Å²) in [7, 11) is -4.05. The molecule has 0 aliphatic heterocycles. The highest BCUT2D eigenvalue weighted by atomic mass is 79.9. The van der Waals surface area contributed by atoms with E-state index >= 15 is 0 Å². The molecule has 2 amide bonds. The summed E-state index contributed by atoms with van der Waals surface area (Å²) in [5.41, 5.74) is 1.20. The molecule has 1 saturated carbocycles. The molecule has 4 rings (SSSR count). The second kappa shape index (κ2) is 13.3. The molecule has 1 aliphatic rings. The van der Waals surface area contributed by atoms with E-state index in [0.29, 0.717) is 5.69 Å². The second-order valence-corrected chi connectivity index (χ2v) is 12.6. The number of hydrogen-bond acceptors (Lipinski definition) is 4. The lowest BCUT2D eigenvalue weighted by Crippen LogP contribution is -2.53. The van der Waals surface area contributed by atoms with E-state index in [4.69, 9.17) is 0 Å². The average Bonchev–Trinajstić information content (AvgIpc) is 2.95. The Bertz CT molecular complexity index is 1360. The zero-order chi connectivity index (χ0) is 27.8. The third-order valence-electron chi connectivity index (χ3n) is 7.02. The minimum absolute atomic E-state index is 0.0864.